The van der Waals surface area contributed by atoms with Gasteiger partial charge in [0.05, 0.1) is 5.38 Å². The predicted octanol–water partition coefficient (Wildman–Crippen LogP) is 3.03. The summed E-state index contributed by atoms with van der Waals surface area (Å²) in [4.78, 5) is -0.504. The molecule has 0 bridgehead atoms. The Balaban J connectivity index is 3.17. The first-order valence-electron chi connectivity index (χ1n) is 2.16. The van der Waals surface area contributed by atoms with Gasteiger partial charge >= 0.3 is 0 Å². The number of alkyl halides is 4. The summed E-state index contributed by atoms with van der Waals surface area (Å²) in [6.07, 6.45) is 0.654. The molecule has 0 aromatic heterocycles. The highest BCUT2D eigenvalue weighted by Crippen LogP contribution is 2.17. The molecule has 0 spiro atoms. The van der Waals surface area contributed by atoms with E-state index >= 15 is 0 Å². The largest absolute Gasteiger partial charge is 0.127 e. The highest BCUT2D eigenvalue weighted by atomic mass is 35.5. The SMILES string of the molecule is ClCCC(Cl)C(Cl)Cl. The van der Waals surface area contributed by atoms with Gasteiger partial charge in [-0.3, -0.25) is 0 Å². The predicted molar refractivity (Wildman–Crippen MR) is 40.5 cm³/mol. The molecule has 50 valence electrons. The second kappa shape index (κ2) is 4.99. The molecule has 1 unspecified atom stereocenters. The van der Waals surface area contributed by atoms with Gasteiger partial charge in [-0.25, -0.2) is 0 Å². The quantitative estimate of drug-likeness (QED) is 0.608. The van der Waals surface area contributed by atoms with Crippen molar-refractivity contribution in [2.45, 2.75) is 16.6 Å². The molecule has 0 nitrogen and oxygen atoms in total. The van der Waals surface area contributed by atoms with Gasteiger partial charge in [0.25, 0.3) is 0 Å². The van der Waals surface area contributed by atoms with Gasteiger partial charge < -0.3 is 0 Å². The monoisotopic (exact) mass is 194 g/mol. The Hall–Kier alpha value is 1.16. The van der Waals surface area contributed by atoms with E-state index in [4.69, 9.17) is 46.4 Å². The van der Waals surface area contributed by atoms with Gasteiger partial charge in [-0.2, -0.15) is 0 Å². The van der Waals surface area contributed by atoms with Crippen LogP contribution >= 0.6 is 46.4 Å². The van der Waals surface area contributed by atoms with Crippen molar-refractivity contribution in [1.82, 2.24) is 0 Å². The average Bonchev–Trinajstić information content (AvgIpc) is 1.67. The summed E-state index contributed by atoms with van der Waals surface area (Å²) in [6, 6.07) is 0. The molecular weight excluding hydrogens is 190 g/mol. The minimum absolute atomic E-state index is 0.212. The molecule has 0 fully saturated rings. The van der Waals surface area contributed by atoms with Crippen LogP contribution in [0.2, 0.25) is 0 Å². The van der Waals surface area contributed by atoms with Gasteiger partial charge in [-0.1, -0.05) is 0 Å². The summed E-state index contributed by atoms with van der Waals surface area (Å²) >= 11 is 21.7. The average molecular weight is 196 g/mol. The molecule has 0 radical (unpaired) electrons. The Labute approximate surface area is 69.0 Å². The molecule has 1 atom stereocenters. The van der Waals surface area contributed by atoms with Crippen LogP contribution in [-0.2, 0) is 0 Å². The van der Waals surface area contributed by atoms with Crippen LogP contribution in [-0.4, -0.2) is 16.1 Å². The fourth-order valence-corrected chi connectivity index (χ4v) is 0.938. The van der Waals surface area contributed by atoms with E-state index in [1.54, 1.807) is 0 Å². The zero-order valence-electron chi connectivity index (χ0n) is 4.08. The summed E-state index contributed by atoms with van der Waals surface area (Å²) in [5.74, 6) is 0.504. The molecule has 0 aromatic rings. The van der Waals surface area contributed by atoms with Crippen LogP contribution in [0, 0.1) is 0 Å². The lowest BCUT2D eigenvalue weighted by atomic mass is 10.4. The van der Waals surface area contributed by atoms with E-state index < -0.39 is 4.84 Å². The second-order valence-corrected chi connectivity index (χ2v) is 3.43. The Kier molecular flexibility index (Phi) is 5.71. The third kappa shape index (κ3) is 4.08. The first kappa shape index (κ1) is 9.16. The van der Waals surface area contributed by atoms with Gasteiger partial charge in [-0.15, -0.1) is 46.4 Å². The maximum Gasteiger partial charge on any atom is 0.124 e. The molecule has 0 saturated heterocycles. The summed E-state index contributed by atoms with van der Waals surface area (Å²) in [5, 5.41) is -0.212. The summed E-state index contributed by atoms with van der Waals surface area (Å²) in [5.41, 5.74) is 0. The van der Waals surface area contributed by atoms with E-state index in [0.29, 0.717) is 12.3 Å². The molecule has 0 saturated carbocycles. The molecule has 8 heavy (non-hydrogen) atoms. The van der Waals surface area contributed by atoms with Crippen molar-refractivity contribution in [1.29, 1.82) is 0 Å². The van der Waals surface area contributed by atoms with Gasteiger partial charge in [0.15, 0.2) is 0 Å². The second-order valence-electron chi connectivity index (χ2n) is 1.33. The Morgan fingerprint density at radius 1 is 1.12 bits per heavy atom. The summed E-state index contributed by atoms with van der Waals surface area (Å²) in [7, 11) is 0. The van der Waals surface area contributed by atoms with Crippen LogP contribution < -0.4 is 0 Å². The Morgan fingerprint density at radius 2 is 1.62 bits per heavy atom. The van der Waals surface area contributed by atoms with E-state index in [2.05, 4.69) is 0 Å². The third-order valence-electron chi connectivity index (χ3n) is 0.658. The summed E-state index contributed by atoms with van der Waals surface area (Å²) < 4.78 is 0. The number of hydrogen-bond acceptors (Lipinski definition) is 0. The first-order chi connectivity index (χ1) is 3.68. The van der Waals surface area contributed by atoms with Gasteiger partial charge in [0.1, 0.15) is 4.84 Å². The van der Waals surface area contributed by atoms with Crippen LogP contribution in [0.5, 0.6) is 0 Å². The Bertz CT molecular complexity index is 54.0. The van der Waals surface area contributed by atoms with Crippen LogP contribution in [0.15, 0.2) is 0 Å². The molecular formula is C4H6Cl4. The maximum absolute atomic E-state index is 5.57. The van der Waals surface area contributed by atoms with E-state index in [-0.39, 0.29) is 5.38 Å². The van der Waals surface area contributed by atoms with Crippen molar-refractivity contribution in [2.75, 3.05) is 5.88 Å². The summed E-state index contributed by atoms with van der Waals surface area (Å²) in [6.45, 7) is 0. The van der Waals surface area contributed by atoms with E-state index in [0.717, 1.165) is 0 Å². The molecule has 0 amide bonds. The number of halogens is 4. The molecule has 0 aromatic carbocycles. The van der Waals surface area contributed by atoms with Crippen molar-refractivity contribution < 1.29 is 0 Å². The lowest BCUT2D eigenvalue weighted by Crippen LogP contribution is -2.08. The minimum atomic E-state index is -0.504. The van der Waals surface area contributed by atoms with Gasteiger partial charge in [-0.05, 0) is 6.42 Å². The normalized spacial score (nSPS) is 14.6. The Morgan fingerprint density at radius 3 is 1.75 bits per heavy atom. The molecule has 0 aliphatic carbocycles. The van der Waals surface area contributed by atoms with Crippen LogP contribution in [0.25, 0.3) is 0 Å². The number of rotatable bonds is 3. The van der Waals surface area contributed by atoms with Crippen LogP contribution in [0.4, 0.5) is 0 Å². The topological polar surface area (TPSA) is 0 Å². The van der Waals surface area contributed by atoms with Gasteiger partial charge in [0, 0.05) is 5.88 Å². The minimum Gasteiger partial charge on any atom is -0.127 e. The van der Waals surface area contributed by atoms with Crippen LogP contribution in [0.3, 0.4) is 0 Å². The van der Waals surface area contributed by atoms with Crippen molar-refractivity contribution in [2.24, 2.45) is 0 Å². The fourth-order valence-electron chi connectivity index (χ4n) is 0.230. The zero-order valence-corrected chi connectivity index (χ0v) is 7.10. The molecule has 0 aliphatic heterocycles. The number of hydrogen-bond donors (Lipinski definition) is 0. The smallest absolute Gasteiger partial charge is 0.124 e. The molecule has 0 aliphatic rings. The van der Waals surface area contributed by atoms with Crippen molar-refractivity contribution in [3.8, 4) is 0 Å². The highest BCUT2D eigenvalue weighted by molar-refractivity contribution is 6.48. The van der Waals surface area contributed by atoms with Crippen molar-refractivity contribution >= 4 is 46.4 Å². The highest BCUT2D eigenvalue weighted by Gasteiger charge is 2.11. The molecule has 0 heterocycles. The molecule has 0 N–H and O–H groups in total. The zero-order chi connectivity index (χ0) is 6.57. The van der Waals surface area contributed by atoms with E-state index in [9.17, 15) is 0 Å². The fraction of sp³-hybridized carbons (Fsp3) is 1.00. The van der Waals surface area contributed by atoms with E-state index in [1.807, 2.05) is 0 Å². The standard InChI is InChI=1S/C4H6Cl4/c5-2-1-3(6)4(7)8/h3-4H,1-2H2. The third-order valence-corrected chi connectivity index (χ3v) is 2.21. The lowest BCUT2D eigenvalue weighted by molar-refractivity contribution is 0.875. The van der Waals surface area contributed by atoms with Crippen molar-refractivity contribution in [3.05, 3.63) is 0 Å². The van der Waals surface area contributed by atoms with E-state index in [1.165, 1.54) is 0 Å². The first-order valence-corrected chi connectivity index (χ1v) is 4.01. The molecule has 4 heteroatoms. The lowest BCUT2D eigenvalue weighted by Gasteiger charge is -2.05. The molecule has 0 rings (SSSR count). The van der Waals surface area contributed by atoms with Gasteiger partial charge in [0.2, 0.25) is 0 Å². The van der Waals surface area contributed by atoms with Crippen LogP contribution in [0.1, 0.15) is 6.42 Å². The van der Waals surface area contributed by atoms with Crippen molar-refractivity contribution in [3.63, 3.8) is 0 Å². The maximum atomic E-state index is 5.57.